The van der Waals surface area contributed by atoms with Crippen molar-refractivity contribution in [2.45, 2.75) is 59.5 Å². The van der Waals surface area contributed by atoms with Crippen molar-refractivity contribution in [2.75, 3.05) is 27.4 Å². The van der Waals surface area contributed by atoms with E-state index in [1.165, 1.54) is 14.2 Å². The van der Waals surface area contributed by atoms with Crippen LogP contribution in [0.4, 0.5) is 0 Å². The van der Waals surface area contributed by atoms with Gasteiger partial charge in [-0.15, -0.1) is 0 Å². The van der Waals surface area contributed by atoms with Crippen LogP contribution in [-0.4, -0.2) is 49.1 Å². The molecule has 1 aromatic carbocycles. The number of aliphatic imine (C=N–C) groups is 1. The van der Waals surface area contributed by atoms with E-state index in [0.29, 0.717) is 54.3 Å². The van der Waals surface area contributed by atoms with E-state index in [-0.39, 0.29) is 35.5 Å². The monoisotopic (exact) mass is 576 g/mol. The molecule has 0 saturated heterocycles. The minimum atomic E-state index is -0.545. The molecule has 1 aromatic heterocycles. The molecule has 0 spiro atoms. The molecule has 42 heavy (non-hydrogen) atoms. The fourth-order valence-electron chi connectivity index (χ4n) is 5.34. The summed E-state index contributed by atoms with van der Waals surface area (Å²) >= 11 is 0. The molecule has 2 aromatic rings. The lowest BCUT2D eigenvalue weighted by Crippen LogP contribution is -2.26. The van der Waals surface area contributed by atoms with Gasteiger partial charge in [-0.25, -0.2) is 4.99 Å². The van der Waals surface area contributed by atoms with Gasteiger partial charge in [0, 0.05) is 18.9 Å². The highest BCUT2D eigenvalue weighted by atomic mass is 16.5. The van der Waals surface area contributed by atoms with Crippen molar-refractivity contribution in [1.29, 1.82) is 0 Å². The Labute approximate surface area is 246 Å². The van der Waals surface area contributed by atoms with Gasteiger partial charge in [0.25, 0.3) is 5.56 Å². The van der Waals surface area contributed by atoms with Crippen LogP contribution in [0.15, 0.2) is 57.6 Å². The van der Waals surface area contributed by atoms with Gasteiger partial charge in [0.05, 0.1) is 44.2 Å². The molecule has 1 unspecified atom stereocenters. The van der Waals surface area contributed by atoms with Gasteiger partial charge >= 0.3 is 0 Å². The van der Waals surface area contributed by atoms with Crippen LogP contribution < -0.4 is 15.0 Å². The van der Waals surface area contributed by atoms with Gasteiger partial charge in [-0.05, 0) is 68.9 Å². The van der Waals surface area contributed by atoms with Crippen molar-refractivity contribution in [2.24, 2.45) is 10.9 Å². The zero-order valence-electron chi connectivity index (χ0n) is 25.0. The van der Waals surface area contributed by atoms with E-state index in [2.05, 4.69) is 9.98 Å². The van der Waals surface area contributed by atoms with Crippen LogP contribution in [-0.2, 0) is 20.9 Å². The Morgan fingerprint density at radius 2 is 1.81 bits per heavy atom. The minimum Gasteiger partial charge on any atom is -0.506 e. The number of aromatic hydroxyl groups is 1. The Balaban J connectivity index is 1.71. The number of ether oxygens (including phenoxy) is 4. The first-order valence-corrected chi connectivity index (χ1v) is 14.4. The summed E-state index contributed by atoms with van der Waals surface area (Å²) in [6.07, 6.45) is 10.8. The first-order valence-electron chi connectivity index (χ1n) is 14.4. The number of carbonyl (C=O) groups is 1. The van der Waals surface area contributed by atoms with Crippen molar-refractivity contribution in [3.05, 3.63) is 74.9 Å². The second-order valence-electron chi connectivity index (χ2n) is 10.3. The van der Waals surface area contributed by atoms with Crippen LogP contribution in [0.3, 0.4) is 0 Å². The largest absolute Gasteiger partial charge is 0.506 e. The molecule has 0 fully saturated rings. The highest BCUT2D eigenvalue weighted by Crippen LogP contribution is 2.45. The molecule has 9 nitrogen and oxygen atoms in total. The minimum absolute atomic E-state index is 0.0478. The number of carbonyl (C=O) groups excluding carboxylic acids is 1. The van der Waals surface area contributed by atoms with Gasteiger partial charge in [-0.1, -0.05) is 25.2 Å². The van der Waals surface area contributed by atoms with Crippen molar-refractivity contribution < 1.29 is 28.8 Å². The molecule has 9 heteroatoms. The Bertz CT molecular complexity index is 1470. The van der Waals surface area contributed by atoms with Crippen molar-refractivity contribution in [1.82, 2.24) is 4.98 Å². The molecule has 1 atom stereocenters. The Morgan fingerprint density at radius 1 is 1.07 bits per heavy atom. The van der Waals surface area contributed by atoms with E-state index in [9.17, 15) is 14.7 Å². The number of hydrogen-bond acceptors (Lipinski definition) is 8. The molecule has 2 aliphatic rings. The van der Waals surface area contributed by atoms with Crippen molar-refractivity contribution in [3.63, 3.8) is 0 Å². The van der Waals surface area contributed by atoms with Gasteiger partial charge in [0.2, 0.25) is 5.90 Å². The molecule has 2 heterocycles. The van der Waals surface area contributed by atoms with E-state index in [4.69, 9.17) is 18.9 Å². The highest BCUT2D eigenvalue weighted by molar-refractivity contribution is 6.01. The molecule has 1 aliphatic carbocycles. The summed E-state index contributed by atoms with van der Waals surface area (Å²) in [6, 6.07) is 3.67. The molecule has 4 rings (SSSR count). The number of methoxy groups -OCH3 is 2. The van der Waals surface area contributed by atoms with Gasteiger partial charge in [-0.2, -0.15) is 0 Å². The van der Waals surface area contributed by atoms with Gasteiger partial charge < -0.3 is 29.0 Å². The Morgan fingerprint density at radius 3 is 2.48 bits per heavy atom. The highest BCUT2D eigenvalue weighted by Gasteiger charge is 2.30. The number of ketones is 1. The number of benzene rings is 1. The van der Waals surface area contributed by atoms with Crippen molar-refractivity contribution in [3.8, 4) is 28.4 Å². The van der Waals surface area contributed by atoms with Gasteiger partial charge in [0.15, 0.2) is 5.78 Å². The molecule has 224 valence electrons. The predicted octanol–water partition coefficient (Wildman–Crippen LogP) is 5.92. The average Bonchev–Trinajstić information content (AvgIpc) is 3.19. The summed E-state index contributed by atoms with van der Waals surface area (Å²) < 4.78 is 23.3. The standard InChI is InChI=1S/C33H40N2O7/c1-6-21-18-34-33(42-25(21)15-11-13-22-12-9-8-10-14-24(22)36)30-31(37)28(23(19-41-7-2)35-32(30)38)29-26(39-4)16-20(3)17-27(29)40-5/h8-10,14,16-17,22H,6-7,11-13,15,18-19H2,1-5H3,(H2,35,37,38). The molecule has 0 radical (unpaired) electrons. The lowest BCUT2D eigenvalue weighted by molar-refractivity contribution is -0.118. The fraction of sp³-hybridized carbons (Fsp3) is 0.424. The normalized spacial score (nSPS) is 16.7. The SMILES string of the molecule is CCOCc1[nH]c(=O)c(C2=NCC(CC)=C(CCCC3CC=CC=CC3=O)O2)c(O)c1-c1c(OC)cc(C)cc1OC. The van der Waals surface area contributed by atoms with Crippen LogP contribution >= 0.6 is 0 Å². The number of H-pyrrole nitrogens is 1. The summed E-state index contributed by atoms with van der Waals surface area (Å²) in [5.74, 6) is 1.48. The number of allylic oxidation sites excluding steroid dienone is 5. The first-order chi connectivity index (χ1) is 20.3. The van der Waals surface area contributed by atoms with Crippen molar-refractivity contribution >= 4 is 11.7 Å². The molecular weight excluding hydrogens is 536 g/mol. The number of nitrogens with zero attached hydrogens (tertiary/aromatic N) is 1. The summed E-state index contributed by atoms with van der Waals surface area (Å²) in [5, 5.41) is 11.8. The maximum atomic E-state index is 13.5. The summed E-state index contributed by atoms with van der Waals surface area (Å²) in [6.45, 7) is 6.61. The second-order valence-corrected chi connectivity index (χ2v) is 10.3. The molecular formula is C33H40N2O7. The smallest absolute Gasteiger partial charge is 0.264 e. The van der Waals surface area contributed by atoms with E-state index in [0.717, 1.165) is 36.2 Å². The first kappa shape index (κ1) is 30.8. The van der Waals surface area contributed by atoms with Crippen LogP contribution in [0.1, 0.15) is 62.8 Å². The number of pyridine rings is 1. The number of rotatable bonds is 12. The summed E-state index contributed by atoms with van der Waals surface area (Å²) in [5.41, 5.74) is 2.49. The number of hydrogen-bond donors (Lipinski definition) is 2. The topological polar surface area (TPSA) is 119 Å². The average molecular weight is 577 g/mol. The summed E-state index contributed by atoms with van der Waals surface area (Å²) in [4.78, 5) is 33.3. The number of aromatic nitrogens is 1. The lowest BCUT2D eigenvalue weighted by Gasteiger charge is -2.23. The fourth-order valence-corrected chi connectivity index (χ4v) is 5.34. The maximum absolute atomic E-state index is 13.5. The molecule has 0 bridgehead atoms. The number of aryl methyl sites for hydroxylation is 1. The third kappa shape index (κ3) is 6.68. The third-order valence-electron chi connectivity index (χ3n) is 7.57. The Hall–Kier alpha value is -4.11. The van der Waals surface area contributed by atoms with E-state index in [1.54, 1.807) is 12.2 Å². The molecule has 0 amide bonds. The van der Waals surface area contributed by atoms with Crippen LogP contribution in [0, 0.1) is 12.8 Å². The van der Waals surface area contributed by atoms with Gasteiger partial charge in [0.1, 0.15) is 28.6 Å². The number of aromatic amines is 1. The molecule has 0 saturated carbocycles. The van der Waals surface area contributed by atoms with E-state index in [1.807, 2.05) is 45.1 Å². The van der Waals surface area contributed by atoms with Crippen LogP contribution in [0.5, 0.6) is 17.2 Å². The Kier molecular flexibility index (Phi) is 10.4. The second kappa shape index (κ2) is 14.2. The number of nitrogens with one attached hydrogen (secondary N) is 1. The lowest BCUT2D eigenvalue weighted by atomic mass is 9.93. The maximum Gasteiger partial charge on any atom is 0.264 e. The predicted molar refractivity (Wildman–Crippen MR) is 162 cm³/mol. The quantitative estimate of drug-likeness (QED) is 0.322. The van der Waals surface area contributed by atoms with E-state index < -0.39 is 5.56 Å². The van der Waals surface area contributed by atoms with E-state index >= 15 is 0 Å². The van der Waals surface area contributed by atoms with Gasteiger partial charge in [-0.3, -0.25) is 9.59 Å². The summed E-state index contributed by atoms with van der Waals surface area (Å²) in [7, 11) is 3.08. The molecule has 2 N–H and O–H groups in total. The third-order valence-corrected chi connectivity index (χ3v) is 7.57. The van der Waals surface area contributed by atoms with Crippen LogP contribution in [0.25, 0.3) is 11.1 Å². The van der Waals surface area contributed by atoms with Crippen LogP contribution in [0.2, 0.25) is 0 Å². The zero-order chi connectivity index (χ0) is 30.2. The zero-order valence-corrected chi connectivity index (χ0v) is 25.0. The molecule has 1 aliphatic heterocycles.